The Morgan fingerprint density at radius 2 is 1.75 bits per heavy atom. The van der Waals surface area contributed by atoms with Crippen LogP contribution in [-0.4, -0.2) is 17.9 Å². The fourth-order valence-corrected chi connectivity index (χ4v) is 0.995. The standard InChI is InChI=1S/C9H16O3/c1-6(8(3)10)5-7(2)12-9(4)11/h6-7H,5H2,1-4H3/t6-,7-/m0/s1. The molecule has 0 aromatic rings. The van der Waals surface area contributed by atoms with Crippen molar-refractivity contribution in [2.24, 2.45) is 5.92 Å². The second-order valence-electron chi connectivity index (χ2n) is 3.17. The second-order valence-corrected chi connectivity index (χ2v) is 3.17. The van der Waals surface area contributed by atoms with Gasteiger partial charge in [0, 0.05) is 12.8 Å². The van der Waals surface area contributed by atoms with Gasteiger partial charge in [-0.1, -0.05) is 6.92 Å². The van der Waals surface area contributed by atoms with Crippen molar-refractivity contribution in [1.82, 2.24) is 0 Å². The first-order chi connectivity index (χ1) is 5.43. The first-order valence-corrected chi connectivity index (χ1v) is 4.11. The zero-order valence-electron chi connectivity index (χ0n) is 8.09. The molecule has 2 atom stereocenters. The first-order valence-electron chi connectivity index (χ1n) is 4.11. The topological polar surface area (TPSA) is 43.4 Å². The van der Waals surface area contributed by atoms with Gasteiger partial charge < -0.3 is 4.74 Å². The van der Waals surface area contributed by atoms with Crippen LogP contribution in [0.2, 0.25) is 0 Å². The van der Waals surface area contributed by atoms with Crippen molar-refractivity contribution in [2.45, 2.75) is 40.2 Å². The molecule has 12 heavy (non-hydrogen) atoms. The quantitative estimate of drug-likeness (QED) is 0.604. The largest absolute Gasteiger partial charge is 0.463 e. The van der Waals surface area contributed by atoms with E-state index in [9.17, 15) is 9.59 Å². The van der Waals surface area contributed by atoms with Crippen molar-refractivity contribution in [3.8, 4) is 0 Å². The fraction of sp³-hybridized carbons (Fsp3) is 0.778. The number of ether oxygens (including phenoxy) is 1. The first kappa shape index (κ1) is 11.1. The summed E-state index contributed by atoms with van der Waals surface area (Å²) in [4.78, 5) is 21.3. The molecule has 0 radical (unpaired) electrons. The number of carbonyl (C=O) groups is 2. The molecule has 0 spiro atoms. The Kier molecular flexibility index (Phi) is 4.55. The molecule has 0 unspecified atom stereocenters. The summed E-state index contributed by atoms with van der Waals surface area (Å²) < 4.78 is 4.88. The Balaban J connectivity index is 3.76. The Bertz CT molecular complexity index is 175. The molecule has 0 saturated carbocycles. The van der Waals surface area contributed by atoms with Crippen LogP contribution in [0.1, 0.15) is 34.1 Å². The summed E-state index contributed by atoms with van der Waals surface area (Å²) in [5, 5.41) is 0. The van der Waals surface area contributed by atoms with E-state index in [1.54, 1.807) is 13.8 Å². The molecule has 3 nitrogen and oxygen atoms in total. The van der Waals surface area contributed by atoms with Crippen molar-refractivity contribution in [3.05, 3.63) is 0 Å². The summed E-state index contributed by atoms with van der Waals surface area (Å²) in [6.07, 6.45) is 0.441. The third kappa shape index (κ3) is 4.88. The number of rotatable bonds is 4. The van der Waals surface area contributed by atoms with Crippen LogP contribution >= 0.6 is 0 Å². The van der Waals surface area contributed by atoms with E-state index in [1.165, 1.54) is 6.92 Å². The van der Waals surface area contributed by atoms with Crippen LogP contribution in [0.4, 0.5) is 0 Å². The van der Waals surface area contributed by atoms with Gasteiger partial charge in [-0.15, -0.1) is 0 Å². The van der Waals surface area contributed by atoms with Crippen LogP contribution < -0.4 is 0 Å². The van der Waals surface area contributed by atoms with Crippen LogP contribution in [0.15, 0.2) is 0 Å². The minimum absolute atomic E-state index is 0.0284. The summed E-state index contributed by atoms with van der Waals surface area (Å²) in [6, 6.07) is 0. The Labute approximate surface area is 73.1 Å². The maximum Gasteiger partial charge on any atom is 0.302 e. The van der Waals surface area contributed by atoms with Crippen molar-refractivity contribution >= 4 is 11.8 Å². The highest BCUT2D eigenvalue weighted by atomic mass is 16.5. The average molecular weight is 172 g/mol. The van der Waals surface area contributed by atoms with Gasteiger partial charge in [-0.05, 0) is 20.3 Å². The van der Waals surface area contributed by atoms with Crippen molar-refractivity contribution in [1.29, 1.82) is 0 Å². The molecule has 0 aliphatic rings. The van der Waals surface area contributed by atoms with E-state index < -0.39 is 0 Å². The summed E-state index contributed by atoms with van der Waals surface area (Å²) in [7, 11) is 0. The molecule has 0 rings (SSSR count). The van der Waals surface area contributed by atoms with Gasteiger partial charge in [0.25, 0.3) is 0 Å². The summed E-state index contributed by atoms with van der Waals surface area (Å²) in [5.41, 5.74) is 0. The normalized spacial score (nSPS) is 15.0. The summed E-state index contributed by atoms with van der Waals surface area (Å²) >= 11 is 0. The van der Waals surface area contributed by atoms with Crippen LogP contribution in [-0.2, 0) is 14.3 Å². The van der Waals surface area contributed by atoms with E-state index in [0.717, 1.165) is 0 Å². The van der Waals surface area contributed by atoms with Gasteiger partial charge in [0.1, 0.15) is 5.78 Å². The molecule has 0 bridgehead atoms. The van der Waals surface area contributed by atoms with Crippen molar-refractivity contribution in [3.63, 3.8) is 0 Å². The molecule has 0 fully saturated rings. The Hall–Kier alpha value is -0.860. The second kappa shape index (κ2) is 4.91. The lowest BCUT2D eigenvalue weighted by Gasteiger charge is -2.14. The molecule has 0 aromatic carbocycles. The van der Waals surface area contributed by atoms with Gasteiger partial charge in [-0.25, -0.2) is 0 Å². The molecular formula is C9H16O3. The van der Waals surface area contributed by atoms with Gasteiger partial charge in [-0.2, -0.15) is 0 Å². The van der Waals surface area contributed by atoms with E-state index in [4.69, 9.17) is 4.74 Å². The minimum atomic E-state index is -0.293. The molecule has 0 aliphatic heterocycles. The van der Waals surface area contributed by atoms with E-state index in [1.807, 2.05) is 6.92 Å². The third-order valence-corrected chi connectivity index (χ3v) is 1.75. The van der Waals surface area contributed by atoms with E-state index in [2.05, 4.69) is 0 Å². The molecule has 0 amide bonds. The maximum atomic E-state index is 10.8. The molecule has 0 N–H and O–H groups in total. The monoisotopic (exact) mass is 172 g/mol. The van der Waals surface area contributed by atoms with E-state index in [-0.39, 0.29) is 23.8 Å². The molecule has 70 valence electrons. The van der Waals surface area contributed by atoms with E-state index >= 15 is 0 Å². The smallest absolute Gasteiger partial charge is 0.302 e. The van der Waals surface area contributed by atoms with E-state index in [0.29, 0.717) is 6.42 Å². The van der Waals surface area contributed by atoms with Crippen LogP contribution in [0, 0.1) is 5.92 Å². The number of hydrogen-bond acceptors (Lipinski definition) is 3. The predicted molar refractivity (Wildman–Crippen MR) is 45.7 cm³/mol. The minimum Gasteiger partial charge on any atom is -0.463 e. The van der Waals surface area contributed by atoms with Crippen molar-refractivity contribution in [2.75, 3.05) is 0 Å². The fourth-order valence-electron chi connectivity index (χ4n) is 0.995. The highest BCUT2D eigenvalue weighted by Crippen LogP contribution is 2.09. The Morgan fingerprint density at radius 1 is 1.25 bits per heavy atom. The lowest BCUT2D eigenvalue weighted by Crippen LogP contribution is -2.18. The third-order valence-electron chi connectivity index (χ3n) is 1.75. The molecule has 0 saturated heterocycles. The van der Waals surface area contributed by atoms with Crippen LogP contribution in [0.3, 0.4) is 0 Å². The SMILES string of the molecule is CC(=O)O[C@@H](C)C[C@H](C)C(C)=O. The molecule has 0 heterocycles. The lowest BCUT2D eigenvalue weighted by molar-refractivity contribution is -0.146. The number of hydrogen-bond donors (Lipinski definition) is 0. The highest BCUT2D eigenvalue weighted by molar-refractivity contribution is 5.77. The summed E-state index contributed by atoms with van der Waals surface area (Å²) in [5.74, 6) is -0.188. The van der Waals surface area contributed by atoms with Gasteiger partial charge in [-0.3, -0.25) is 9.59 Å². The molecule has 3 heteroatoms. The lowest BCUT2D eigenvalue weighted by atomic mass is 10.0. The van der Waals surface area contributed by atoms with Crippen molar-refractivity contribution < 1.29 is 14.3 Å². The predicted octanol–water partition coefficient (Wildman–Crippen LogP) is 1.55. The van der Waals surface area contributed by atoms with Crippen LogP contribution in [0.25, 0.3) is 0 Å². The average Bonchev–Trinajstić information content (AvgIpc) is 1.84. The van der Waals surface area contributed by atoms with Crippen LogP contribution in [0.5, 0.6) is 0 Å². The summed E-state index contributed by atoms with van der Waals surface area (Å²) in [6.45, 7) is 6.54. The number of esters is 1. The molecular weight excluding hydrogens is 156 g/mol. The van der Waals surface area contributed by atoms with Gasteiger partial charge in [0.15, 0.2) is 0 Å². The highest BCUT2D eigenvalue weighted by Gasteiger charge is 2.13. The van der Waals surface area contributed by atoms with Gasteiger partial charge in [0.05, 0.1) is 6.10 Å². The van der Waals surface area contributed by atoms with Gasteiger partial charge >= 0.3 is 5.97 Å². The number of Topliss-reactive ketones (excluding diaryl/α,β-unsaturated/α-hetero) is 1. The number of ketones is 1. The zero-order chi connectivity index (χ0) is 9.72. The van der Waals surface area contributed by atoms with Gasteiger partial charge in [0.2, 0.25) is 0 Å². The number of carbonyl (C=O) groups excluding carboxylic acids is 2. The molecule has 0 aromatic heterocycles. The molecule has 0 aliphatic carbocycles. The maximum absolute atomic E-state index is 10.8. The Morgan fingerprint density at radius 3 is 2.08 bits per heavy atom. The zero-order valence-corrected chi connectivity index (χ0v) is 8.09.